The summed E-state index contributed by atoms with van der Waals surface area (Å²) in [7, 11) is 0. The van der Waals surface area contributed by atoms with Crippen molar-refractivity contribution in [2.24, 2.45) is 9.98 Å². The minimum absolute atomic E-state index is 0.321. The van der Waals surface area contributed by atoms with Gasteiger partial charge in [-0.25, -0.2) is 9.98 Å². The summed E-state index contributed by atoms with van der Waals surface area (Å²) in [5.74, 6) is 1.46. The number of amidine groups is 2. The van der Waals surface area contributed by atoms with E-state index < -0.39 is 0 Å². The van der Waals surface area contributed by atoms with Crippen LogP contribution in [0.15, 0.2) is 184 Å². The van der Waals surface area contributed by atoms with Crippen LogP contribution in [0.5, 0.6) is 0 Å². The van der Waals surface area contributed by atoms with Crippen molar-refractivity contribution in [1.82, 2.24) is 9.88 Å². The molecule has 8 aromatic carbocycles. The molecule has 0 bridgehead atoms. The number of hydrogen-bond acceptors (Lipinski definition) is 4. The molecule has 52 heavy (non-hydrogen) atoms. The van der Waals surface area contributed by atoms with E-state index in [0.717, 1.165) is 55.7 Å². The highest BCUT2D eigenvalue weighted by Gasteiger charge is 2.24. The fourth-order valence-corrected chi connectivity index (χ4v) is 7.94. The van der Waals surface area contributed by atoms with Crippen molar-refractivity contribution < 1.29 is 4.42 Å². The lowest BCUT2D eigenvalue weighted by molar-refractivity contribution is 0.667. The third-order valence-electron chi connectivity index (χ3n) is 10.4. The number of nitrogens with zero attached hydrogens (tertiary/aromatic N) is 3. The molecule has 5 nitrogen and oxygen atoms in total. The van der Waals surface area contributed by atoms with E-state index in [9.17, 15) is 0 Å². The van der Waals surface area contributed by atoms with Gasteiger partial charge in [0.25, 0.3) is 0 Å². The second kappa shape index (κ2) is 11.3. The number of para-hydroxylation sites is 1. The third kappa shape index (κ3) is 4.49. The van der Waals surface area contributed by atoms with Gasteiger partial charge in [0.1, 0.15) is 23.2 Å². The minimum Gasteiger partial charge on any atom is -0.456 e. The molecule has 0 radical (unpaired) electrons. The van der Waals surface area contributed by atoms with Crippen molar-refractivity contribution in [2.75, 3.05) is 0 Å². The summed E-state index contributed by atoms with van der Waals surface area (Å²) in [5, 5.41) is 13.1. The Morgan fingerprint density at radius 3 is 2.13 bits per heavy atom. The first kappa shape index (κ1) is 28.8. The molecule has 1 unspecified atom stereocenters. The smallest absolute Gasteiger partial charge is 0.159 e. The van der Waals surface area contributed by atoms with Crippen molar-refractivity contribution in [2.45, 2.75) is 6.17 Å². The molecule has 1 atom stereocenters. The normalized spacial score (nSPS) is 14.7. The van der Waals surface area contributed by atoms with Crippen LogP contribution < -0.4 is 5.32 Å². The molecule has 2 aromatic heterocycles. The van der Waals surface area contributed by atoms with Gasteiger partial charge in [-0.3, -0.25) is 0 Å². The van der Waals surface area contributed by atoms with Crippen LogP contribution >= 0.6 is 0 Å². The average Bonchev–Trinajstić information content (AvgIpc) is 3.74. The van der Waals surface area contributed by atoms with E-state index in [0.29, 0.717) is 5.84 Å². The second-order valence-corrected chi connectivity index (χ2v) is 13.5. The molecule has 244 valence electrons. The van der Waals surface area contributed by atoms with Crippen LogP contribution in [0.25, 0.3) is 71.0 Å². The summed E-state index contributed by atoms with van der Waals surface area (Å²) in [5.41, 5.74) is 8.05. The van der Waals surface area contributed by atoms with Gasteiger partial charge in [0.2, 0.25) is 0 Å². The number of rotatable bonds is 4. The molecule has 0 fully saturated rings. The fourth-order valence-electron chi connectivity index (χ4n) is 7.94. The average molecular weight is 667 g/mol. The standard InChI is InChI=1S/C47H30N4O/c1-2-12-30(13-3-1)45-48-46(34-22-21-29-11-4-5-14-31(29)25-34)50-47(49-45)38-18-10-20-42-44(38)37-24-23-35(28-43(37)52-42)51-40-19-9-8-17-36(40)39-26-32-15-6-7-16-33(32)27-41(39)51/h1-28,46H,(H,48,49,50). The second-order valence-electron chi connectivity index (χ2n) is 13.5. The topological polar surface area (TPSA) is 54.8 Å². The molecular formula is C47H30N4O. The lowest BCUT2D eigenvalue weighted by atomic mass is 10.0. The highest BCUT2D eigenvalue weighted by molar-refractivity contribution is 6.22. The van der Waals surface area contributed by atoms with E-state index in [-0.39, 0.29) is 6.17 Å². The number of furan rings is 1. The molecule has 5 heteroatoms. The SMILES string of the molecule is c1ccc(C2=NC(c3ccc4ccccc4c3)NC(c3cccc4oc5cc(-n6c7ccccc7c7cc8ccccc8cc76)ccc5c34)=N2)cc1. The van der Waals surface area contributed by atoms with E-state index in [4.69, 9.17) is 14.4 Å². The number of aliphatic imine (C=N–C) groups is 2. The van der Waals surface area contributed by atoms with Crippen LogP contribution in [0.1, 0.15) is 22.9 Å². The van der Waals surface area contributed by atoms with Crippen LogP contribution in [0.3, 0.4) is 0 Å². The zero-order valence-electron chi connectivity index (χ0n) is 28.0. The third-order valence-corrected chi connectivity index (χ3v) is 10.4. The fraction of sp³-hybridized carbons (Fsp3) is 0.0213. The number of aromatic nitrogens is 1. The van der Waals surface area contributed by atoms with Gasteiger partial charge >= 0.3 is 0 Å². The maximum Gasteiger partial charge on any atom is 0.159 e. The van der Waals surface area contributed by atoms with Crippen LogP contribution in [0, 0.1) is 0 Å². The Labute approximate surface area is 298 Å². The molecule has 0 spiro atoms. The number of benzene rings is 8. The summed E-state index contributed by atoms with van der Waals surface area (Å²) in [6, 6.07) is 59.8. The first-order valence-electron chi connectivity index (χ1n) is 17.6. The molecule has 11 rings (SSSR count). The van der Waals surface area contributed by atoms with Crippen LogP contribution in [-0.2, 0) is 0 Å². The first-order valence-corrected chi connectivity index (χ1v) is 17.6. The summed E-state index contributed by atoms with van der Waals surface area (Å²) >= 11 is 0. The van der Waals surface area contributed by atoms with Gasteiger partial charge in [-0.1, -0.05) is 121 Å². The number of fused-ring (bicyclic) bond motifs is 8. The van der Waals surface area contributed by atoms with Crippen molar-refractivity contribution in [3.05, 3.63) is 187 Å². The highest BCUT2D eigenvalue weighted by atomic mass is 16.3. The molecule has 3 heterocycles. The Hall–Kier alpha value is -6.98. The maximum absolute atomic E-state index is 6.66. The molecule has 1 aliphatic rings. The first-order chi connectivity index (χ1) is 25.7. The molecule has 0 amide bonds. The molecule has 0 aliphatic carbocycles. The van der Waals surface area contributed by atoms with Gasteiger partial charge in [0.05, 0.1) is 11.0 Å². The highest BCUT2D eigenvalue weighted by Crippen LogP contribution is 2.38. The largest absolute Gasteiger partial charge is 0.456 e. The van der Waals surface area contributed by atoms with E-state index >= 15 is 0 Å². The monoisotopic (exact) mass is 666 g/mol. The van der Waals surface area contributed by atoms with E-state index in [1.54, 1.807) is 0 Å². The molecular weight excluding hydrogens is 637 g/mol. The Balaban J connectivity index is 1.07. The van der Waals surface area contributed by atoms with Crippen LogP contribution in [-0.4, -0.2) is 16.2 Å². The Bertz CT molecular complexity index is 3110. The van der Waals surface area contributed by atoms with E-state index in [1.165, 1.54) is 37.8 Å². The Kier molecular flexibility index (Phi) is 6.25. The molecule has 1 N–H and O–H groups in total. The Morgan fingerprint density at radius 2 is 1.27 bits per heavy atom. The predicted octanol–water partition coefficient (Wildman–Crippen LogP) is 11.5. The molecule has 0 saturated carbocycles. The van der Waals surface area contributed by atoms with E-state index in [1.807, 2.05) is 30.3 Å². The van der Waals surface area contributed by atoms with Crippen LogP contribution in [0.2, 0.25) is 0 Å². The van der Waals surface area contributed by atoms with Gasteiger partial charge in [-0.05, 0) is 69.6 Å². The zero-order valence-corrected chi connectivity index (χ0v) is 28.0. The van der Waals surface area contributed by atoms with E-state index in [2.05, 4.69) is 149 Å². The summed E-state index contributed by atoms with van der Waals surface area (Å²) < 4.78 is 9.02. The van der Waals surface area contributed by atoms with Crippen LogP contribution in [0.4, 0.5) is 0 Å². The molecule has 1 aliphatic heterocycles. The molecule has 0 saturated heterocycles. The van der Waals surface area contributed by atoms with Gasteiger partial charge in [0, 0.05) is 44.4 Å². The van der Waals surface area contributed by atoms with Crippen molar-refractivity contribution in [1.29, 1.82) is 0 Å². The lowest BCUT2D eigenvalue weighted by Crippen LogP contribution is -2.33. The minimum atomic E-state index is -0.321. The summed E-state index contributed by atoms with van der Waals surface area (Å²) in [6.45, 7) is 0. The Morgan fingerprint density at radius 1 is 0.519 bits per heavy atom. The number of nitrogens with one attached hydrogen (secondary N) is 1. The predicted molar refractivity (Wildman–Crippen MR) is 215 cm³/mol. The van der Waals surface area contributed by atoms with Gasteiger partial charge in [-0.2, -0.15) is 0 Å². The zero-order chi connectivity index (χ0) is 34.2. The van der Waals surface area contributed by atoms with Crippen molar-refractivity contribution in [3.63, 3.8) is 0 Å². The number of hydrogen-bond donors (Lipinski definition) is 1. The van der Waals surface area contributed by atoms with Gasteiger partial charge in [-0.15, -0.1) is 0 Å². The quantitative estimate of drug-likeness (QED) is 0.203. The van der Waals surface area contributed by atoms with Gasteiger partial charge < -0.3 is 14.3 Å². The molecule has 10 aromatic rings. The summed E-state index contributed by atoms with van der Waals surface area (Å²) in [4.78, 5) is 10.3. The van der Waals surface area contributed by atoms with Gasteiger partial charge in [0.15, 0.2) is 5.84 Å². The maximum atomic E-state index is 6.66. The lowest BCUT2D eigenvalue weighted by Gasteiger charge is -2.24. The summed E-state index contributed by atoms with van der Waals surface area (Å²) in [6.07, 6.45) is -0.321. The van der Waals surface area contributed by atoms with Crippen molar-refractivity contribution in [3.8, 4) is 5.69 Å². The van der Waals surface area contributed by atoms with Crippen molar-refractivity contribution >= 4 is 77.0 Å².